The first kappa shape index (κ1) is 19.9. The highest BCUT2D eigenvalue weighted by molar-refractivity contribution is 6.30. The van der Waals surface area contributed by atoms with Gasteiger partial charge in [0.25, 0.3) is 5.91 Å². The molecule has 0 spiro atoms. The zero-order valence-electron chi connectivity index (χ0n) is 15.8. The lowest BCUT2D eigenvalue weighted by atomic mass is 10.2. The van der Waals surface area contributed by atoms with Crippen LogP contribution in [0.15, 0.2) is 72.8 Å². The number of methoxy groups -OCH3 is 1. The quantitative estimate of drug-likeness (QED) is 0.446. The standard InChI is InChI=1S/C22H16Cl2N4O2/c1-30-19-4-2-3-17(13-19)25-22(29)20-26-21(14-5-7-15(23)8-6-14)28(27-20)18-11-9-16(24)10-12-18/h2-13H,1H3,(H,25,29). The molecule has 0 saturated heterocycles. The molecule has 150 valence electrons. The highest BCUT2D eigenvalue weighted by atomic mass is 35.5. The Balaban J connectivity index is 1.73. The summed E-state index contributed by atoms with van der Waals surface area (Å²) in [6.45, 7) is 0. The molecule has 0 aliphatic heterocycles. The van der Waals surface area contributed by atoms with Crippen LogP contribution in [0.3, 0.4) is 0 Å². The summed E-state index contributed by atoms with van der Waals surface area (Å²) in [7, 11) is 1.56. The van der Waals surface area contributed by atoms with Gasteiger partial charge in [0.05, 0.1) is 12.8 Å². The van der Waals surface area contributed by atoms with Crippen molar-refractivity contribution in [2.75, 3.05) is 12.4 Å². The molecular formula is C22H16Cl2N4O2. The van der Waals surface area contributed by atoms with E-state index in [1.54, 1.807) is 72.5 Å². The van der Waals surface area contributed by atoms with E-state index >= 15 is 0 Å². The highest BCUT2D eigenvalue weighted by Gasteiger charge is 2.19. The minimum Gasteiger partial charge on any atom is -0.497 e. The third-order valence-electron chi connectivity index (χ3n) is 4.31. The van der Waals surface area contributed by atoms with Crippen molar-refractivity contribution in [3.63, 3.8) is 0 Å². The van der Waals surface area contributed by atoms with E-state index < -0.39 is 5.91 Å². The fourth-order valence-corrected chi connectivity index (χ4v) is 3.10. The molecule has 0 radical (unpaired) electrons. The fraction of sp³-hybridized carbons (Fsp3) is 0.0455. The number of rotatable bonds is 5. The third-order valence-corrected chi connectivity index (χ3v) is 4.82. The van der Waals surface area contributed by atoms with E-state index in [9.17, 15) is 4.79 Å². The molecule has 1 N–H and O–H groups in total. The Labute approximate surface area is 183 Å². The average molecular weight is 439 g/mol. The van der Waals surface area contributed by atoms with E-state index in [0.717, 1.165) is 11.3 Å². The summed E-state index contributed by atoms with van der Waals surface area (Å²) < 4.78 is 6.79. The maximum absolute atomic E-state index is 12.8. The second kappa shape index (κ2) is 8.57. The van der Waals surface area contributed by atoms with Gasteiger partial charge in [-0.2, -0.15) is 0 Å². The molecule has 1 heterocycles. The molecule has 0 aliphatic carbocycles. The maximum Gasteiger partial charge on any atom is 0.295 e. The van der Waals surface area contributed by atoms with Gasteiger partial charge < -0.3 is 10.1 Å². The fourth-order valence-electron chi connectivity index (χ4n) is 2.84. The maximum atomic E-state index is 12.8. The molecule has 8 heteroatoms. The SMILES string of the molecule is COc1cccc(NC(=O)c2nc(-c3ccc(Cl)cc3)n(-c3ccc(Cl)cc3)n2)c1. The van der Waals surface area contributed by atoms with Crippen LogP contribution in [0.5, 0.6) is 5.75 Å². The first-order chi connectivity index (χ1) is 14.5. The first-order valence-electron chi connectivity index (χ1n) is 8.98. The van der Waals surface area contributed by atoms with Crippen LogP contribution in [0.25, 0.3) is 17.1 Å². The van der Waals surface area contributed by atoms with Gasteiger partial charge in [-0.1, -0.05) is 29.3 Å². The van der Waals surface area contributed by atoms with Crippen molar-refractivity contribution < 1.29 is 9.53 Å². The van der Waals surface area contributed by atoms with Crippen molar-refractivity contribution >= 4 is 34.8 Å². The molecule has 1 amide bonds. The topological polar surface area (TPSA) is 69.0 Å². The van der Waals surface area contributed by atoms with E-state index in [4.69, 9.17) is 27.9 Å². The van der Waals surface area contributed by atoms with Crippen LogP contribution in [0.1, 0.15) is 10.6 Å². The molecular weight excluding hydrogens is 423 g/mol. The van der Waals surface area contributed by atoms with Gasteiger partial charge in [-0.15, -0.1) is 5.10 Å². The summed E-state index contributed by atoms with van der Waals surface area (Å²) in [5, 5.41) is 8.43. The van der Waals surface area contributed by atoms with Crippen molar-refractivity contribution in [1.29, 1.82) is 0 Å². The smallest absolute Gasteiger partial charge is 0.295 e. The molecule has 0 fully saturated rings. The number of halogens is 2. The van der Waals surface area contributed by atoms with E-state index in [-0.39, 0.29) is 5.82 Å². The van der Waals surface area contributed by atoms with Gasteiger partial charge in [-0.05, 0) is 60.7 Å². The molecule has 0 saturated carbocycles. The third kappa shape index (κ3) is 4.30. The minimum atomic E-state index is -0.439. The zero-order valence-corrected chi connectivity index (χ0v) is 17.4. The van der Waals surface area contributed by atoms with Crippen molar-refractivity contribution in [2.45, 2.75) is 0 Å². The van der Waals surface area contributed by atoms with Gasteiger partial charge in [0, 0.05) is 27.4 Å². The lowest BCUT2D eigenvalue weighted by molar-refractivity contribution is 0.101. The molecule has 0 atom stereocenters. The van der Waals surface area contributed by atoms with E-state index in [1.165, 1.54) is 0 Å². The normalized spacial score (nSPS) is 10.6. The van der Waals surface area contributed by atoms with Crippen LogP contribution in [0.2, 0.25) is 10.0 Å². The van der Waals surface area contributed by atoms with Gasteiger partial charge in [0.2, 0.25) is 5.82 Å². The predicted octanol–water partition coefficient (Wildman–Crippen LogP) is 5.50. The van der Waals surface area contributed by atoms with Crippen LogP contribution in [0, 0.1) is 0 Å². The van der Waals surface area contributed by atoms with Gasteiger partial charge >= 0.3 is 0 Å². The lowest BCUT2D eigenvalue weighted by Crippen LogP contribution is -2.14. The number of nitrogens with one attached hydrogen (secondary N) is 1. The highest BCUT2D eigenvalue weighted by Crippen LogP contribution is 2.24. The lowest BCUT2D eigenvalue weighted by Gasteiger charge is -2.06. The van der Waals surface area contributed by atoms with E-state index in [0.29, 0.717) is 27.3 Å². The van der Waals surface area contributed by atoms with Crippen molar-refractivity contribution in [1.82, 2.24) is 14.8 Å². The summed E-state index contributed by atoms with van der Waals surface area (Å²) in [5.74, 6) is 0.725. The molecule has 6 nitrogen and oxygen atoms in total. The molecule has 4 aromatic rings. The molecule has 30 heavy (non-hydrogen) atoms. The number of hydrogen-bond donors (Lipinski definition) is 1. The van der Waals surface area contributed by atoms with Crippen LogP contribution in [-0.4, -0.2) is 27.8 Å². The molecule has 1 aromatic heterocycles. The van der Waals surface area contributed by atoms with Crippen LogP contribution in [-0.2, 0) is 0 Å². The van der Waals surface area contributed by atoms with Crippen LogP contribution in [0.4, 0.5) is 5.69 Å². The number of carbonyl (C=O) groups excluding carboxylic acids is 1. The average Bonchev–Trinajstić information content (AvgIpc) is 3.20. The monoisotopic (exact) mass is 438 g/mol. The second-order valence-corrected chi connectivity index (χ2v) is 7.21. The molecule has 0 unspecified atom stereocenters. The van der Waals surface area contributed by atoms with Crippen molar-refractivity contribution in [3.8, 4) is 22.8 Å². The number of nitrogens with zero attached hydrogens (tertiary/aromatic N) is 3. The Morgan fingerprint density at radius 1 is 0.967 bits per heavy atom. The Kier molecular flexibility index (Phi) is 5.70. The Bertz CT molecular complexity index is 1130. The minimum absolute atomic E-state index is 0.0257. The van der Waals surface area contributed by atoms with Gasteiger partial charge in [0.15, 0.2) is 5.82 Å². The van der Waals surface area contributed by atoms with Gasteiger partial charge in [-0.3, -0.25) is 4.79 Å². The van der Waals surface area contributed by atoms with Crippen molar-refractivity contribution in [2.24, 2.45) is 0 Å². The number of ether oxygens (including phenoxy) is 1. The molecule has 0 aliphatic rings. The molecule has 4 rings (SSSR count). The first-order valence-corrected chi connectivity index (χ1v) is 9.73. The second-order valence-electron chi connectivity index (χ2n) is 6.34. The van der Waals surface area contributed by atoms with E-state index in [1.807, 2.05) is 12.1 Å². The Hall–Kier alpha value is -3.35. The van der Waals surface area contributed by atoms with Gasteiger partial charge in [0.1, 0.15) is 5.75 Å². The van der Waals surface area contributed by atoms with Crippen LogP contribution >= 0.6 is 23.2 Å². The molecule has 3 aromatic carbocycles. The van der Waals surface area contributed by atoms with Crippen LogP contribution < -0.4 is 10.1 Å². The Morgan fingerprint density at radius 2 is 1.63 bits per heavy atom. The summed E-state index contributed by atoms with van der Waals surface area (Å²) >= 11 is 12.0. The Morgan fingerprint density at radius 3 is 2.30 bits per heavy atom. The summed E-state index contributed by atoms with van der Waals surface area (Å²) in [5.41, 5.74) is 2.06. The molecule has 0 bridgehead atoms. The van der Waals surface area contributed by atoms with Crippen molar-refractivity contribution in [3.05, 3.63) is 88.7 Å². The summed E-state index contributed by atoms with van der Waals surface area (Å²) in [6, 6.07) is 21.3. The predicted molar refractivity (Wildman–Crippen MR) is 118 cm³/mol. The van der Waals surface area contributed by atoms with E-state index in [2.05, 4.69) is 15.4 Å². The number of amides is 1. The number of aromatic nitrogens is 3. The summed E-state index contributed by atoms with van der Waals surface area (Å²) in [4.78, 5) is 17.3. The zero-order chi connectivity index (χ0) is 21.1. The number of carbonyl (C=O) groups is 1. The number of anilines is 1. The van der Waals surface area contributed by atoms with Gasteiger partial charge in [-0.25, -0.2) is 9.67 Å². The largest absolute Gasteiger partial charge is 0.497 e. The number of hydrogen-bond acceptors (Lipinski definition) is 4. The number of benzene rings is 3. The summed E-state index contributed by atoms with van der Waals surface area (Å²) in [6.07, 6.45) is 0.